The second-order valence-corrected chi connectivity index (χ2v) is 4.78. The van der Waals surface area contributed by atoms with Gasteiger partial charge in [-0.2, -0.15) is 0 Å². The molecule has 0 spiro atoms. The summed E-state index contributed by atoms with van der Waals surface area (Å²) in [7, 11) is 0. The van der Waals surface area contributed by atoms with Gasteiger partial charge in [0.25, 0.3) is 5.91 Å². The summed E-state index contributed by atoms with van der Waals surface area (Å²) in [6.45, 7) is 2.68. The van der Waals surface area contributed by atoms with Crippen molar-refractivity contribution in [1.29, 1.82) is 0 Å². The molecule has 0 aliphatic heterocycles. The van der Waals surface area contributed by atoms with Crippen LogP contribution in [0.3, 0.4) is 0 Å². The summed E-state index contributed by atoms with van der Waals surface area (Å²) in [5.74, 6) is -0.122. The summed E-state index contributed by atoms with van der Waals surface area (Å²) in [6, 6.07) is 7.49. The minimum Gasteiger partial charge on any atom is -0.399 e. The van der Waals surface area contributed by atoms with E-state index in [0.29, 0.717) is 17.9 Å². The van der Waals surface area contributed by atoms with Crippen molar-refractivity contribution < 1.29 is 4.79 Å². The normalized spacial score (nSPS) is 10.3. The van der Waals surface area contributed by atoms with Gasteiger partial charge in [-0.1, -0.05) is 19.1 Å². The fourth-order valence-electron chi connectivity index (χ4n) is 1.51. The van der Waals surface area contributed by atoms with Gasteiger partial charge >= 0.3 is 0 Å². The van der Waals surface area contributed by atoms with Gasteiger partial charge in [0.15, 0.2) is 0 Å². The maximum Gasteiger partial charge on any atom is 0.270 e. The molecule has 94 valence electrons. The van der Waals surface area contributed by atoms with Crippen LogP contribution in [-0.4, -0.2) is 17.4 Å². The number of rotatable bonds is 4. The number of aromatic nitrogens is 1. The average Bonchev–Trinajstić information content (AvgIpc) is 2.85. The molecule has 0 saturated heterocycles. The Hall–Kier alpha value is -1.88. The number of thiazole rings is 1. The molecule has 3 N–H and O–H groups in total. The van der Waals surface area contributed by atoms with Crippen molar-refractivity contribution in [2.24, 2.45) is 0 Å². The van der Waals surface area contributed by atoms with Gasteiger partial charge < -0.3 is 11.1 Å². The van der Waals surface area contributed by atoms with Gasteiger partial charge in [0.1, 0.15) is 10.7 Å². The van der Waals surface area contributed by atoms with Crippen LogP contribution in [0.25, 0.3) is 10.6 Å². The largest absolute Gasteiger partial charge is 0.399 e. The third kappa shape index (κ3) is 2.87. The molecule has 0 saturated carbocycles. The van der Waals surface area contributed by atoms with Crippen molar-refractivity contribution in [2.45, 2.75) is 13.3 Å². The molecule has 18 heavy (non-hydrogen) atoms. The molecular formula is C13H15N3OS. The average molecular weight is 261 g/mol. The maximum atomic E-state index is 11.7. The molecule has 0 bridgehead atoms. The van der Waals surface area contributed by atoms with E-state index in [9.17, 15) is 4.79 Å². The summed E-state index contributed by atoms with van der Waals surface area (Å²) < 4.78 is 0. The Balaban J connectivity index is 2.17. The first-order valence-corrected chi connectivity index (χ1v) is 6.68. The van der Waals surface area contributed by atoms with Crippen LogP contribution in [0.2, 0.25) is 0 Å². The molecule has 1 amide bonds. The van der Waals surface area contributed by atoms with Crippen molar-refractivity contribution >= 4 is 22.9 Å². The number of nitrogens with two attached hydrogens (primary N) is 1. The second-order valence-electron chi connectivity index (χ2n) is 3.92. The Morgan fingerprint density at radius 3 is 3.06 bits per heavy atom. The summed E-state index contributed by atoms with van der Waals surface area (Å²) in [5.41, 5.74) is 7.82. The molecule has 1 aromatic carbocycles. The number of nitrogens with zero attached hydrogens (tertiary/aromatic N) is 1. The molecule has 1 heterocycles. The molecule has 0 fully saturated rings. The molecular weight excluding hydrogens is 246 g/mol. The zero-order valence-electron chi connectivity index (χ0n) is 10.1. The zero-order valence-corrected chi connectivity index (χ0v) is 11.0. The summed E-state index contributed by atoms with van der Waals surface area (Å²) >= 11 is 1.45. The lowest BCUT2D eigenvalue weighted by molar-refractivity contribution is 0.0949. The third-order valence-electron chi connectivity index (χ3n) is 2.41. The monoisotopic (exact) mass is 261 g/mol. The summed E-state index contributed by atoms with van der Waals surface area (Å²) in [6.07, 6.45) is 0.915. The minimum absolute atomic E-state index is 0.122. The zero-order chi connectivity index (χ0) is 13.0. The van der Waals surface area contributed by atoms with E-state index in [-0.39, 0.29) is 5.91 Å². The van der Waals surface area contributed by atoms with Crippen LogP contribution in [0.5, 0.6) is 0 Å². The Kier molecular flexibility index (Phi) is 3.94. The van der Waals surface area contributed by atoms with E-state index in [0.717, 1.165) is 17.0 Å². The van der Waals surface area contributed by atoms with Crippen LogP contribution in [-0.2, 0) is 0 Å². The van der Waals surface area contributed by atoms with Crippen LogP contribution in [0.1, 0.15) is 23.8 Å². The van der Waals surface area contributed by atoms with Crippen LogP contribution >= 0.6 is 11.3 Å². The highest BCUT2D eigenvalue weighted by Gasteiger charge is 2.11. The highest BCUT2D eigenvalue weighted by atomic mass is 32.1. The highest BCUT2D eigenvalue weighted by molar-refractivity contribution is 7.13. The standard InChI is InChI=1S/C13H15N3OS/c1-2-6-15-12(17)11-8-18-13(16-11)9-4-3-5-10(14)7-9/h3-5,7-8H,2,6,14H2,1H3,(H,15,17). The van der Waals surface area contributed by atoms with Gasteiger partial charge in [0.2, 0.25) is 0 Å². The van der Waals surface area contributed by atoms with Gasteiger partial charge in [-0.3, -0.25) is 4.79 Å². The number of amides is 1. The molecule has 4 nitrogen and oxygen atoms in total. The van der Waals surface area contributed by atoms with Gasteiger partial charge in [0, 0.05) is 23.2 Å². The number of carbonyl (C=O) groups excluding carboxylic acids is 1. The summed E-state index contributed by atoms with van der Waals surface area (Å²) in [4.78, 5) is 16.0. The molecule has 0 radical (unpaired) electrons. The predicted molar refractivity (Wildman–Crippen MR) is 74.6 cm³/mol. The summed E-state index contributed by atoms with van der Waals surface area (Å²) in [5, 5.41) is 5.38. The lowest BCUT2D eigenvalue weighted by Gasteiger charge is -1.99. The first kappa shape index (κ1) is 12.6. The minimum atomic E-state index is -0.122. The molecule has 0 aliphatic carbocycles. The van der Waals surface area contributed by atoms with E-state index in [4.69, 9.17) is 5.73 Å². The van der Waals surface area contributed by atoms with Gasteiger partial charge in [-0.15, -0.1) is 11.3 Å². The molecule has 2 aromatic rings. The quantitative estimate of drug-likeness (QED) is 0.831. The second kappa shape index (κ2) is 5.64. The lowest BCUT2D eigenvalue weighted by atomic mass is 10.2. The van der Waals surface area contributed by atoms with Gasteiger partial charge in [-0.05, 0) is 18.6 Å². The maximum absolute atomic E-state index is 11.7. The van der Waals surface area contributed by atoms with Crippen molar-refractivity contribution in [3.8, 4) is 10.6 Å². The Morgan fingerprint density at radius 1 is 1.50 bits per heavy atom. The molecule has 0 unspecified atom stereocenters. The van der Waals surface area contributed by atoms with Crippen molar-refractivity contribution in [2.75, 3.05) is 12.3 Å². The number of nitrogen functional groups attached to an aromatic ring is 1. The van der Waals surface area contributed by atoms with Crippen molar-refractivity contribution in [1.82, 2.24) is 10.3 Å². The Labute approximate surface area is 110 Å². The smallest absolute Gasteiger partial charge is 0.270 e. The first-order chi connectivity index (χ1) is 8.70. The Morgan fingerprint density at radius 2 is 2.33 bits per heavy atom. The molecule has 0 atom stereocenters. The van der Waals surface area contributed by atoms with Gasteiger partial charge in [0.05, 0.1) is 0 Å². The molecule has 5 heteroatoms. The van der Waals surface area contributed by atoms with E-state index in [1.165, 1.54) is 11.3 Å². The van der Waals surface area contributed by atoms with E-state index in [1.54, 1.807) is 5.38 Å². The van der Waals surface area contributed by atoms with Crippen LogP contribution in [0, 0.1) is 0 Å². The van der Waals surface area contributed by atoms with E-state index >= 15 is 0 Å². The molecule has 1 aromatic heterocycles. The van der Waals surface area contributed by atoms with E-state index in [1.807, 2.05) is 31.2 Å². The predicted octanol–water partition coefficient (Wildman–Crippen LogP) is 2.53. The van der Waals surface area contributed by atoms with Crippen molar-refractivity contribution in [3.63, 3.8) is 0 Å². The Bertz CT molecular complexity index is 551. The molecule has 0 aliphatic rings. The number of anilines is 1. The van der Waals surface area contributed by atoms with Gasteiger partial charge in [-0.25, -0.2) is 4.98 Å². The van der Waals surface area contributed by atoms with Crippen molar-refractivity contribution in [3.05, 3.63) is 35.3 Å². The lowest BCUT2D eigenvalue weighted by Crippen LogP contribution is -2.24. The molecule has 2 rings (SSSR count). The number of carbonyl (C=O) groups is 1. The van der Waals surface area contributed by atoms with Crippen LogP contribution in [0.4, 0.5) is 5.69 Å². The SMILES string of the molecule is CCCNC(=O)c1csc(-c2cccc(N)c2)n1. The van der Waals surface area contributed by atoms with Crippen LogP contribution in [0.15, 0.2) is 29.6 Å². The number of benzene rings is 1. The van der Waals surface area contributed by atoms with E-state index < -0.39 is 0 Å². The first-order valence-electron chi connectivity index (χ1n) is 5.80. The fourth-order valence-corrected chi connectivity index (χ4v) is 2.31. The number of nitrogens with one attached hydrogen (secondary N) is 1. The number of hydrogen-bond donors (Lipinski definition) is 2. The van der Waals surface area contributed by atoms with Crippen LogP contribution < -0.4 is 11.1 Å². The van der Waals surface area contributed by atoms with E-state index in [2.05, 4.69) is 10.3 Å². The third-order valence-corrected chi connectivity index (χ3v) is 3.30. The topological polar surface area (TPSA) is 68.0 Å². The highest BCUT2D eigenvalue weighted by Crippen LogP contribution is 2.25. The number of hydrogen-bond acceptors (Lipinski definition) is 4. The fraction of sp³-hybridized carbons (Fsp3) is 0.231.